The molecule has 0 bridgehead atoms. The third kappa shape index (κ3) is 3.86. The van der Waals surface area contributed by atoms with Crippen LogP contribution >= 0.6 is 0 Å². The molecule has 0 spiro atoms. The molecule has 0 atom stereocenters. The maximum absolute atomic E-state index is 13.3. The number of nitrogens with zero attached hydrogens (tertiary/aromatic N) is 7. The fraction of sp³-hybridized carbons (Fsp3) is 0.500. The highest BCUT2D eigenvalue weighted by molar-refractivity contribution is 6.03. The highest BCUT2D eigenvalue weighted by Crippen LogP contribution is 2.30. The van der Waals surface area contributed by atoms with Crippen molar-refractivity contribution in [2.45, 2.75) is 39.2 Å². The molecule has 168 valence electrons. The van der Waals surface area contributed by atoms with Gasteiger partial charge in [0.05, 0.1) is 24.6 Å². The second-order valence-corrected chi connectivity index (χ2v) is 8.31. The Kier molecular flexibility index (Phi) is 5.38. The van der Waals surface area contributed by atoms with E-state index >= 15 is 0 Å². The first kappa shape index (κ1) is 20.6. The number of carbonyl (C=O) groups excluding carboxylic acids is 1. The van der Waals surface area contributed by atoms with Gasteiger partial charge in [-0.3, -0.25) is 14.7 Å². The van der Waals surface area contributed by atoms with Gasteiger partial charge in [0.25, 0.3) is 5.91 Å². The van der Waals surface area contributed by atoms with Crippen LogP contribution in [0, 0.1) is 13.8 Å². The minimum Gasteiger partial charge on any atom is -0.490 e. The quantitative estimate of drug-likeness (QED) is 0.599. The number of ether oxygens (including phenoxy) is 2. The number of fused-ring (bicyclic) bond motifs is 1. The van der Waals surface area contributed by atoms with Crippen LogP contribution in [0.2, 0.25) is 0 Å². The van der Waals surface area contributed by atoms with Gasteiger partial charge in [-0.05, 0) is 20.3 Å². The van der Waals surface area contributed by atoms with Crippen LogP contribution in [0.15, 0.2) is 18.3 Å². The number of rotatable bonds is 5. The molecule has 10 nitrogen and oxygen atoms in total. The first-order chi connectivity index (χ1) is 15.5. The zero-order valence-corrected chi connectivity index (χ0v) is 18.6. The van der Waals surface area contributed by atoms with Gasteiger partial charge in [-0.25, -0.2) is 14.5 Å². The van der Waals surface area contributed by atoms with E-state index < -0.39 is 0 Å². The van der Waals surface area contributed by atoms with Crippen LogP contribution in [0.3, 0.4) is 0 Å². The summed E-state index contributed by atoms with van der Waals surface area (Å²) in [5.74, 6) is 1.80. The molecule has 3 aromatic heterocycles. The first-order valence-corrected chi connectivity index (χ1v) is 11.0. The fourth-order valence-corrected chi connectivity index (χ4v) is 3.85. The molecule has 5 rings (SSSR count). The molecule has 0 saturated carbocycles. The van der Waals surface area contributed by atoms with Crippen LogP contribution in [0.5, 0.6) is 5.75 Å². The predicted octanol–water partition coefficient (Wildman–Crippen LogP) is 2.18. The highest BCUT2D eigenvalue weighted by atomic mass is 16.5. The van der Waals surface area contributed by atoms with Crippen LogP contribution in [0.4, 0.5) is 11.6 Å². The molecule has 0 unspecified atom stereocenters. The zero-order chi connectivity index (χ0) is 22.2. The second kappa shape index (κ2) is 8.34. The van der Waals surface area contributed by atoms with Gasteiger partial charge in [0.15, 0.2) is 5.65 Å². The van der Waals surface area contributed by atoms with E-state index in [1.54, 1.807) is 17.8 Å². The molecule has 10 heteroatoms. The van der Waals surface area contributed by atoms with Crippen molar-refractivity contribution in [3.05, 3.63) is 35.5 Å². The van der Waals surface area contributed by atoms with Gasteiger partial charge in [-0.2, -0.15) is 0 Å². The Morgan fingerprint density at radius 1 is 1.19 bits per heavy atom. The molecular weight excluding hydrogens is 410 g/mol. The molecule has 3 aromatic rings. The molecule has 2 aliphatic heterocycles. The van der Waals surface area contributed by atoms with Gasteiger partial charge in [0, 0.05) is 51.3 Å². The third-order valence-electron chi connectivity index (χ3n) is 5.97. The van der Waals surface area contributed by atoms with Gasteiger partial charge < -0.3 is 14.4 Å². The molecule has 0 aliphatic carbocycles. The number of anilines is 2. The number of aromatic nitrogens is 5. The minimum absolute atomic E-state index is 0.0998. The average molecular weight is 438 g/mol. The van der Waals surface area contributed by atoms with Crippen molar-refractivity contribution in [2.24, 2.45) is 0 Å². The molecule has 0 radical (unpaired) electrons. The lowest BCUT2D eigenvalue weighted by Crippen LogP contribution is -2.38. The van der Waals surface area contributed by atoms with Crippen LogP contribution in [-0.2, 0) is 4.74 Å². The molecule has 2 saturated heterocycles. The van der Waals surface area contributed by atoms with Crippen molar-refractivity contribution >= 4 is 23.2 Å². The van der Waals surface area contributed by atoms with E-state index in [0.29, 0.717) is 30.4 Å². The van der Waals surface area contributed by atoms with E-state index in [1.807, 2.05) is 26.0 Å². The molecule has 0 N–H and O–H groups in total. The number of hydrogen-bond donors (Lipinski definition) is 0. The maximum atomic E-state index is 13.3. The van der Waals surface area contributed by atoms with Gasteiger partial charge in [-0.1, -0.05) is 0 Å². The Bertz CT molecular complexity index is 1110. The number of amides is 1. The summed E-state index contributed by atoms with van der Waals surface area (Å²) in [6.07, 6.45) is 4.65. The zero-order valence-electron chi connectivity index (χ0n) is 18.6. The second-order valence-electron chi connectivity index (χ2n) is 8.31. The normalized spacial score (nSPS) is 16.8. The summed E-state index contributed by atoms with van der Waals surface area (Å²) in [5.41, 5.74) is 2.10. The molecule has 5 heterocycles. The van der Waals surface area contributed by atoms with E-state index in [2.05, 4.69) is 20.0 Å². The predicted molar refractivity (Wildman–Crippen MR) is 119 cm³/mol. The first-order valence-electron chi connectivity index (χ1n) is 11.0. The summed E-state index contributed by atoms with van der Waals surface area (Å²) in [4.78, 5) is 30.4. The van der Waals surface area contributed by atoms with Gasteiger partial charge in [0.1, 0.15) is 23.5 Å². The molecule has 2 aliphatic rings. The van der Waals surface area contributed by atoms with Gasteiger partial charge in [0.2, 0.25) is 5.82 Å². The Morgan fingerprint density at radius 3 is 2.66 bits per heavy atom. The number of carbonyl (C=O) groups is 1. The maximum Gasteiger partial charge on any atom is 0.298 e. The lowest BCUT2D eigenvalue weighted by molar-refractivity contribution is 0.0256. The Morgan fingerprint density at radius 2 is 1.97 bits per heavy atom. The topological polar surface area (TPSA) is 98.0 Å². The standard InChI is InChI=1S/C22H27N7O3/c1-14-13-23-15(2)21-25-20(26-29(14)21)22(30)27(3)18-11-17(32-16-5-9-31-10-6-16)12-19(24-18)28-7-4-8-28/h11-13,16H,4-10H2,1-3H3. The Balaban J connectivity index is 1.45. The van der Waals surface area contributed by atoms with Crippen molar-refractivity contribution in [1.82, 2.24) is 24.6 Å². The van der Waals surface area contributed by atoms with Crippen LogP contribution < -0.4 is 14.5 Å². The molecular formula is C22H27N7O3. The lowest BCUT2D eigenvalue weighted by Gasteiger charge is -2.33. The summed E-state index contributed by atoms with van der Waals surface area (Å²) in [6.45, 7) is 7.03. The monoisotopic (exact) mass is 437 g/mol. The molecule has 2 fully saturated rings. The molecule has 32 heavy (non-hydrogen) atoms. The fourth-order valence-electron chi connectivity index (χ4n) is 3.85. The summed E-state index contributed by atoms with van der Waals surface area (Å²) in [5, 5.41) is 4.41. The molecule has 1 amide bonds. The van der Waals surface area contributed by atoms with Crippen LogP contribution in [0.25, 0.3) is 5.65 Å². The molecule has 0 aromatic carbocycles. The van der Waals surface area contributed by atoms with Crippen LogP contribution in [0.1, 0.15) is 41.3 Å². The van der Waals surface area contributed by atoms with Crippen LogP contribution in [-0.4, -0.2) is 69.9 Å². The number of aryl methyl sites for hydroxylation is 2. The van der Waals surface area contributed by atoms with Crippen molar-refractivity contribution in [1.29, 1.82) is 0 Å². The summed E-state index contributed by atoms with van der Waals surface area (Å²) >= 11 is 0. The van der Waals surface area contributed by atoms with E-state index in [9.17, 15) is 4.79 Å². The Labute approximate surface area is 186 Å². The smallest absolute Gasteiger partial charge is 0.298 e. The SMILES string of the molecule is Cc1ncc(C)n2nc(C(=O)N(C)c3cc(OC4CCOCC4)cc(N4CCC4)n3)nc12. The number of pyridine rings is 1. The third-order valence-corrected chi connectivity index (χ3v) is 5.97. The minimum atomic E-state index is -0.335. The summed E-state index contributed by atoms with van der Waals surface area (Å²) in [7, 11) is 1.69. The van der Waals surface area contributed by atoms with Crippen molar-refractivity contribution in [3.63, 3.8) is 0 Å². The van der Waals surface area contributed by atoms with E-state index in [4.69, 9.17) is 14.5 Å². The van der Waals surface area contributed by atoms with Crippen molar-refractivity contribution in [2.75, 3.05) is 43.2 Å². The largest absolute Gasteiger partial charge is 0.490 e. The summed E-state index contributed by atoms with van der Waals surface area (Å²) < 4.78 is 13.3. The lowest BCUT2D eigenvalue weighted by atomic mass is 10.1. The van der Waals surface area contributed by atoms with E-state index in [1.165, 1.54) is 4.90 Å². The Hall–Kier alpha value is -3.27. The van der Waals surface area contributed by atoms with Crippen molar-refractivity contribution in [3.8, 4) is 5.75 Å². The highest BCUT2D eigenvalue weighted by Gasteiger charge is 2.25. The average Bonchev–Trinajstić information content (AvgIpc) is 3.22. The summed E-state index contributed by atoms with van der Waals surface area (Å²) in [6, 6.07) is 3.77. The van der Waals surface area contributed by atoms with Crippen molar-refractivity contribution < 1.29 is 14.3 Å². The van der Waals surface area contributed by atoms with Gasteiger partial charge >= 0.3 is 0 Å². The van der Waals surface area contributed by atoms with E-state index in [0.717, 1.165) is 49.6 Å². The number of hydrogen-bond acceptors (Lipinski definition) is 8. The van der Waals surface area contributed by atoms with Gasteiger partial charge in [-0.15, -0.1) is 5.10 Å². The van der Waals surface area contributed by atoms with E-state index in [-0.39, 0.29) is 17.8 Å².